The molecule has 0 saturated heterocycles. The van der Waals surface area contributed by atoms with E-state index in [1.165, 1.54) is 0 Å². The number of rotatable bonds is 4. The lowest BCUT2D eigenvalue weighted by atomic mass is 9.67. The molecule has 0 aliphatic heterocycles. The standard InChI is InChI=1S/C14H25NO3/c1-10-7-11(9-14(2,3)8-10)13(18)15(4)6-5-12(16)17/h10-11H,5-9H2,1-4H3,(H,16,17). The molecule has 0 aromatic carbocycles. The van der Waals surface area contributed by atoms with Crippen LogP contribution in [0.4, 0.5) is 0 Å². The third-order valence-electron chi connectivity index (χ3n) is 3.77. The van der Waals surface area contributed by atoms with Crippen LogP contribution < -0.4 is 0 Å². The molecule has 1 saturated carbocycles. The first-order valence-electron chi connectivity index (χ1n) is 6.68. The first kappa shape index (κ1) is 15.0. The summed E-state index contributed by atoms with van der Waals surface area (Å²) in [5, 5.41) is 8.64. The Labute approximate surface area is 109 Å². The summed E-state index contributed by atoms with van der Waals surface area (Å²) < 4.78 is 0. The number of aliphatic carboxylic acids is 1. The maximum atomic E-state index is 12.3. The van der Waals surface area contributed by atoms with Crippen LogP contribution in [0.15, 0.2) is 0 Å². The lowest BCUT2D eigenvalue weighted by Gasteiger charge is -2.39. The second-order valence-electron chi connectivity index (χ2n) is 6.51. The molecule has 0 heterocycles. The largest absolute Gasteiger partial charge is 0.481 e. The van der Waals surface area contributed by atoms with Crippen molar-refractivity contribution in [3.8, 4) is 0 Å². The fourth-order valence-electron chi connectivity index (χ4n) is 3.22. The van der Waals surface area contributed by atoms with Crippen LogP contribution in [-0.4, -0.2) is 35.5 Å². The summed E-state index contributed by atoms with van der Waals surface area (Å²) in [7, 11) is 1.71. The zero-order valence-electron chi connectivity index (χ0n) is 11.9. The van der Waals surface area contributed by atoms with E-state index in [0.717, 1.165) is 19.3 Å². The molecule has 4 heteroatoms. The van der Waals surface area contributed by atoms with Crippen molar-refractivity contribution < 1.29 is 14.7 Å². The summed E-state index contributed by atoms with van der Waals surface area (Å²) in [6, 6.07) is 0. The van der Waals surface area contributed by atoms with E-state index in [4.69, 9.17) is 5.11 Å². The van der Waals surface area contributed by atoms with Crippen LogP contribution >= 0.6 is 0 Å². The molecule has 1 rings (SSSR count). The van der Waals surface area contributed by atoms with Crippen molar-refractivity contribution in [2.24, 2.45) is 17.3 Å². The average molecular weight is 255 g/mol. The maximum absolute atomic E-state index is 12.3. The molecule has 0 spiro atoms. The van der Waals surface area contributed by atoms with Gasteiger partial charge in [-0.2, -0.15) is 0 Å². The predicted octanol–water partition coefficient (Wildman–Crippen LogP) is 2.38. The molecule has 1 fully saturated rings. The number of nitrogens with zero attached hydrogens (tertiary/aromatic N) is 1. The van der Waals surface area contributed by atoms with Crippen molar-refractivity contribution in [1.82, 2.24) is 4.90 Å². The van der Waals surface area contributed by atoms with Gasteiger partial charge in [0.1, 0.15) is 0 Å². The SMILES string of the molecule is CC1CC(C(=O)N(C)CCC(=O)O)CC(C)(C)C1. The van der Waals surface area contributed by atoms with E-state index >= 15 is 0 Å². The van der Waals surface area contributed by atoms with Crippen LogP contribution in [0.2, 0.25) is 0 Å². The van der Waals surface area contributed by atoms with Crippen molar-refractivity contribution in [3.63, 3.8) is 0 Å². The van der Waals surface area contributed by atoms with Crippen LogP contribution in [0.25, 0.3) is 0 Å². The molecule has 0 aromatic heterocycles. The van der Waals surface area contributed by atoms with E-state index in [0.29, 0.717) is 12.5 Å². The fraction of sp³-hybridized carbons (Fsp3) is 0.857. The molecule has 2 atom stereocenters. The zero-order chi connectivity index (χ0) is 13.9. The van der Waals surface area contributed by atoms with E-state index in [-0.39, 0.29) is 23.7 Å². The van der Waals surface area contributed by atoms with E-state index in [1.54, 1.807) is 11.9 Å². The van der Waals surface area contributed by atoms with E-state index in [1.807, 2.05) is 0 Å². The van der Waals surface area contributed by atoms with Gasteiger partial charge in [0.05, 0.1) is 6.42 Å². The Morgan fingerprint density at radius 1 is 1.33 bits per heavy atom. The second-order valence-corrected chi connectivity index (χ2v) is 6.51. The van der Waals surface area contributed by atoms with Crippen LogP contribution in [0.5, 0.6) is 0 Å². The Kier molecular flexibility index (Phi) is 4.77. The van der Waals surface area contributed by atoms with Gasteiger partial charge in [-0.05, 0) is 30.6 Å². The molecule has 0 aromatic rings. The summed E-state index contributed by atoms with van der Waals surface area (Å²) in [5.41, 5.74) is 0.214. The van der Waals surface area contributed by atoms with Crippen molar-refractivity contribution in [2.45, 2.75) is 46.5 Å². The Balaban J connectivity index is 2.57. The Bertz CT molecular complexity index is 325. The van der Waals surface area contributed by atoms with E-state index < -0.39 is 5.97 Å². The van der Waals surface area contributed by atoms with Crippen LogP contribution in [-0.2, 0) is 9.59 Å². The van der Waals surface area contributed by atoms with Gasteiger partial charge in [0.25, 0.3) is 0 Å². The summed E-state index contributed by atoms with van der Waals surface area (Å²) >= 11 is 0. The number of carboxylic acid groups (broad SMARTS) is 1. The van der Waals surface area contributed by atoms with Crippen LogP contribution in [0.3, 0.4) is 0 Å². The quantitative estimate of drug-likeness (QED) is 0.839. The smallest absolute Gasteiger partial charge is 0.305 e. The van der Waals surface area contributed by atoms with Crippen molar-refractivity contribution in [1.29, 1.82) is 0 Å². The van der Waals surface area contributed by atoms with Gasteiger partial charge >= 0.3 is 5.97 Å². The highest BCUT2D eigenvalue weighted by molar-refractivity contribution is 5.79. The van der Waals surface area contributed by atoms with Gasteiger partial charge in [0.2, 0.25) is 5.91 Å². The first-order chi connectivity index (χ1) is 8.21. The third-order valence-corrected chi connectivity index (χ3v) is 3.77. The number of hydrogen-bond donors (Lipinski definition) is 1. The van der Waals surface area contributed by atoms with Crippen molar-refractivity contribution in [3.05, 3.63) is 0 Å². The molecule has 1 amide bonds. The predicted molar refractivity (Wildman–Crippen MR) is 70.2 cm³/mol. The second kappa shape index (κ2) is 5.72. The average Bonchev–Trinajstić information content (AvgIpc) is 2.21. The number of carbonyl (C=O) groups is 2. The van der Waals surface area contributed by atoms with Crippen LogP contribution in [0, 0.1) is 17.3 Å². The number of hydrogen-bond acceptors (Lipinski definition) is 2. The van der Waals surface area contributed by atoms with Crippen molar-refractivity contribution in [2.75, 3.05) is 13.6 Å². The van der Waals surface area contributed by atoms with Crippen molar-refractivity contribution >= 4 is 11.9 Å². The Hall–Kier alpha value is -1.06. The van der Waals surface area contributed by atoms with Gasteiger partial charge < -0.3 is 10.0 Å². The highest BCUT2D eigenvalue weighted by atomic mass is 16.4. The lowest BCUT2D eigenvalue weighted by Crippen LogP contribution is -2.40. The fourth-order valence-corrected chi connectivity index (χ4v) is 3.22. The third kappa shape index (κ3) is 4.31. The van der Waals surface area contributed by atoms with Gasteiger partial charge in [0.15, 0.2) is 0 Å². The summed E-state index contributed by atoms with van der Waals surface area (Å²) in [6.07, 6.45) is 3.02. The number of carboxylic acids is 1. The first-order valence-corrected chi connectivity index (χ1v) is 6.68. The molecule has 4 nitrogen and oxygen atoms in total. The topological polar surface area (TPSA) is 57.6 Å². The Morgan fingerprint density at radius 2 is 1.94 bits per heavy atom. The molecule has 1 aliphatic rings. The summed E-state index contributed by atoms with van der Waals surface area (Å²) in [4.78, 5) is 24.4. The van der Waals surface area contributed by atoms with Crippen LogP contribution in [0.1, 0.15) is 46.5 Å². The minimum absolute atomic E-state index is 0.0217. The zero-order valence-corrected chi connectivity index (χ0v) is 11.9. The van der Waals surface area contributed by atoms with Gasteiger partial charge in [-0.1, -0.05) is 20.8 Å². The molecule has 0 radical (unpaired) electrons. The highest BCUT2D eigenvalue weighted by Gasteiger charge is 2.36. The number of amides is 1. The molecule has 18 heavy (non-hydrogen) atoms. The normalized spacial score (nSPS) is 26.7. The molecule has 1 N–H and O–H groups in total. The lowest BCUT2D eigenvalue weighted by molar-refractivity contribution is -0.140. The van der Waals surface area contributed by atoms with Gasteiger partial charge in [-0.15, -0.1) is 0 Å². The monoisotopic (exact) mass is 255 g/mol. The van der Waals surface area contributed by atoms with E-state index in [9.17, 15) is 9.59 Å². The Morgan fingerprint density at radius 3 is 2.44 bits per heavy atom. The van der Waals surface area contributed by atoms with Gasteiger partial charge in [0, 0.05) is 19.5 Å². The van der Waals surface area contributed by atoms with Gasteiger partial charge in [-0.3, -0.25) is 9.59 Å². The minimum atomic E-state index is -0.855. The minimum Gasteiger partial charge on any atom is -0.481 e. The molecule has 0 bridgehead atoms. The molecular weight excluding hydrogens is 230 g/mol. The van der Waals surface area contributed by atoms with Gasteiger partial charge in [-0.25, -0.2) is 0 Å². The summed E-state index contributed by atoms with van der Waals surface area (Å²) in [5.74, 6) is -0.124. The van der Waals surface area contributed by atoms with E-state index in [2.05, 4.69) is 20.8 Å². The molecule has 1 aliphatic carbocycles. The maximum Gasteiger partial charge on any atom is 0.305 e. The highest BCUT2D eigenvalue weighted by Crippen LogP contribution is 2.42. The number of carbonyl (C=O) groups excluding carboxylic acids is 1. The molecule has 104 valence electrons. The summed E-state index contributed by atoms with van der Waals surface area (Å²) in [6.45, 7) is 6.91. The molecule has 2 unspecified atom stereocenters. The molecular formula is C14H25NO3.